The molecule has 2 aliphatic rings. The lowest BCUT2D eigenvalue weighted by atomic mass is 10.1. The Hall–Kier alpha value is -1.62. The Labute approximate surface area is 119 Å². The van der Waals surface area contributed by atoms with Crippen LogP contribution in [0.2, 0.25) is 0 Å². The average Bonchev–Trinajstić information content (AvgIpc) is 3.03. The minimum absolute atomic E-state index is 0.235. The van der Waals surface area contributed by atoms with Gasteiger partial charge in [-0.1, -0.05) is 13.0 Å². The van der Waals surface area contributed by atoms with E-state index in [1.807, 2.05) is 19.1 Å². The molecular formula is C15H21N3O2. The van der Waals surface area contributed by atoms with Crippen molar-refractivity contribution in [3.8, 4) is 0 Å². The Kier molecular flexibility index (Phi) is 3.61. The van der Waals surface area contributed by atoms with Gasteiger partial charge in [-0.15, -0.1) is 0 Å². The second-order valence-electron chi connectivity index (χ2n) is 5.74. The van der Waals surface area contributed by atoms with Crippen LogP contribution in [-0.2, 0) is 6.42 Å². The lowest BCUT2D eigenvalue weighted by Gasteiger charge is -2.22. The predicted molar refractivity (Wildman–Crippen MR) is 79.1 cm³/mol. The summed E-state index contributed by atoms with van der Waals surface area (Å²) >= 11 is 0. The molecule has 0 saturated carbocycles. The smallest absolute Gasteiger partial charge is 0.274 e. The van der Waals surface area contributed by atoms with Crippen molar-refractivity contribution in [2.75, 3.05) is 18.4 Å². The fraction of sp³-hybridized carbons (Fsp3) is 0.600. The fourth-order valence-electron chi connectivity index (χ4n) is 3.59. The third-order valence-electron chi connectivity index (χ3n) is 4.62. The van der Waals surface area contributed by atoms with Gasteiger partial charge in [-0.25, -0.2) is 0 Å². The van der Waals surface area contributed by atoms with Crippen molar-refractivity contribution < 1.29 is 4.92 Å². The van der Waals surface area contributed by atoms with Crippen molar-refractivity contribution in [3.05, 3.63) is 33.9 Å². The quantitative estimate of drug-likeness (QED) is 0.678. The van der Waals surface area contributed by atoms with E-state index in [0.717, 1.165) is 24.2 Å². The SMILES string of the molecule is CCc1ccc(NC2CCN3CCCC23)cc1[N+](=O)[O-]. The second kappa shape index (κ2) is 5.40. The van der Waals surface area contributed by atoms with Crippen LogP contribution in [-0.4, -0.2) is 35.0 Å². The molecule has 1 aromatic carbocycles. The molecule has 0 spiro atoms. The summed E-state index contributed by atoms with van der Waals surface area (Å²) in [6.45, 7) is 4.30. The topological polar surface area (TPSA) is 58.4 Å². The largest absolute Gasteiger partial charge is 0.380 e. The van der Waals surface area contributed by atoms with Crippen molar-refractivity contribution >= 4 is 11.4 Å². The van der Waals surface area contributed by atoms with Crippen LogP contribution in [0.4, 0.5) is 11.4 Å². The zero-order valence-corrected chi connectivity index (χ0v) is 11.8. The number of nitrogens with one attached hydrogen (secondary N) is 1. The highest BCUT2D eigenvalue weighted by Crippen LogP contribution is 2.31. The van der Waals surface area contributed by atoms with Crippen LogP contribution in [0.25, 0.3) is 0 Å². The van der Waals surface area contributed by atoms with E-state index in [1.165, 1.54) is 19.4 Å². The van der Waals surface area contributed by atoms with Crippen LogP contribution < -0.4 is 5.32 Å². The molecule has 108 valence electrons. The molecule has 3 rings (SSSR count). The third kappa shape index (κ3) is 2.38. The van der Waals surface area contributed by atoms with E-state index in [4.69, 9.17) is 0 Å². The molecule has 20 heavy (non-hydrogen) atoms. The predicted octanol–water partition coefficient (Wildman–Crippen LogP) is 2.81. The van der Waals surface area contributed by atoms with Gasteiger partial charge in [0.25, 0.3) is 5.69 Å². The lowest BCUT2D eigenvalue weighted by molar-refractivity contribution is -0.385. The lowest BCUT2D eigenvalue weighted by Crippen LogP contribution is -2.33. The third-order valence-corrected chi connectivity index (χ3v) is 4.62. The number of hydrogen-bond donors (Lipinski definition) is 1. The molecule has 1 aromatic rings. The number of benzene rings is 1. The monoisotopic (exact) mass is 275 g/mol. The molecule has 2 saturated heterocycles. The van der Waals surface area contributed by atoms with Crippen LogP contribution in [0.1, 0.15) is 31.7 Å². The molecule has 5 heteroatoms. The first-order chi connectivity index (χ1) is 9.69. The van der Waals surface area contributed by atoms with Gasteiger partial charge in [-0.05, 0) is 38.3 Å². The minimum Gasteiger partial charge on any atom is -0.380 e. The zero-order chi connectivity index (χ0) is 14.1. The number of hydrogen-bond acceptors (Lipinski definition) is 4. The van der Waals surface area contributed by atoms with Crippen molar-refractivity contribution in [2.24, 2.45) is 0 Å². The maximum Gasteiger partial charge on any atom is 0.274 e. The summed E-state index contributed by atoms with van der Waals surface area (Å²) in [6.07, 6.45) is 4.34. The summed E-state index contributed by atoms with van der Waals surface area (Å²) in [7, 11) is 0. The zero-order valence-electron chi connectivity index (χ0n) is 11.8. The van der Waals surface area contributed by atoms with Crippen LogP contribution in [0.5, 0.6) is 0 Å². The number of nitro benzene ring substituents is 1. The normalized spacial score (nSPS) is 25.6. The number of nitro groups is 1. The highest BCUT2D eigenvalue weighted by Gasteiger charge is 2.37. The van der Waals surface area contributed by atoms with E-state index < -0.39 is 0 Å². The van der Waals surface area contributed by atoms with Crippen molar-refractivity contribution in [1.82, 2.24) is 4.90 Å². The maximum absolute atomic E-state index is 11.1. The summed E-state index contributed by atoms with van der Waals surface area (Å²) in [5, 5.41) is 14.6. The van der Waals surface area contributed by atoms with Crippen LogP contribution in [0, 0.1) is 10.1 Å². The summed E-state index contributed by atoms with van der Waals surface area (Å²) in [5.41, 5.74) is 1.92. The molecule has 2 heterocycles. The molecule has 2 fully saturated rings. The highest BCUT2D eigenvalue weighted by atomic mass is 16.6. The molecule has 5 nitrogen and oxygen atoms in total. The first kappa shape index (κ1) is 13.4. The summed E-state index contributed by atoms with van der Waals surface area (Å²) in [4.78, 5) is 13.4. The molecule has 0 amide bonds. The van der Waals surface area contributed by atoms with E-state index in [9.17, 15) is 10.1 Å². The Bertz CT molecular complexity index is 518. The van der Waals surface area contributed by atoms with Crippen LogP contribution >= 0.6 is 0 Å². The van der Waals surface area contributed by atoms with E-state index in [0.29, 0.717) is 18.5 Å². The molecule has 0 aliphatic carbocycles. The summed E-state index contributed by atoms with van der Waals surface area (Å²) in [5.74, 6) is 0. The van der Waals surface area contributed by atoms with Crippen molar-refractivity contribution in [2.45, 2.75) is 44.7 Å². The Morgan fingerprint density at radius 2 is 2.25 bits per heavy atom. The number of aryl methyl sites for hydroxylation is 1. The number of nitrogens with zero attached hydrogens (tertiary/aromatic N) is 2. The highest BCUT2D eigenvalue weighted by molar-refractivity contribution is 5.56. The molecule has 2 atom stereocenters. The Morgan fingerprint density at radius 3 is 3.00 bits per heavy atom. The van der Waals surface area contributed by atoms with Gasteiger partial charge >= 0.3 is 0 Å². The Balaban J connectivity index is 1.77. The number of anilines is 1. The maximum atomic E-state index is 11.1. The van der Waals surface area contributed by atoms with Crippen LogP contribution in [0.3, 0.4) is 0 Å². The van der Waals surface area contributed by atoms with Gasteiger partial charge in [0.05, 0.1) is 4.92 Å². The molecule has 1 N–H and O–H groups in total. The summed E-state index contributed by atoms with van der Waals surface area (Å²) < 4.78 is 0. The van der Waals surface area contributed by atoms with Gasteiger partial charge < -0.3 is 5.32 Å². The van der Waals surface area contributed by atoms with Crippen molar-refractivity contribution in [1.29, 1.82) is 0 Å². The van der Waals surface area contributed by atoms with Gasteiger partial charge in [0.2, 0.25) is 0 Å². The van der Waals surface area contributed by atoms with Gasteiger partial charge in [0.15, 0.2) is 0 Å². The standard InChI is InChI=1S/C15H21N3O2/c1-2-11-5-6-12(10-15(11)18(19)20)16-13-7-9-17-8-3-4-14(13)17/h5-6,10,13-14,16H,2-4,7-9H2,1H3. The van der Waals surface area contributed by atoms with E-state index in [2.05, 4.69) is 10.2 Å². The van der Waals surface area contributed by atoms with Gasteiger partial charge in [-0.2, -0.15) is 0 Å². The Morgan fingerprint density at radius 1 is 1.40 bits per heavy atom. The molecule has 0 radical (unpaired) electrons. The van der Waals surface area contributed by atoms with Gasteiger partial charge in [0.1, 0.15) is 0 Å². The molecule has 2 unspecified atom stereocenters. The summed E-state index contributed by atoms with van der Waals surface area (Å²) in [6, 6.07) is 6.59. The first-order valence-corrected chi connectivity index (χ1v) is 7.47. The van der Waals surface area contributed by atoms with Crippen molar-refractivity contribution in [3.63, 3.8) is 0 Å². The van der Waals surface area contributed by atoms with E-state index in [1.54, 1.807) is 6.07 Å². The minimum atomic E-state index is -0.277. The second-order valence-corrected chi connectivity index (χ2v) is 5.74. The van der Waals surface area contributed by atoms with Gasteiger partial charge in [0, 0.05) is 35.9 Å². The van der Waals surface area contributed by atoms with E-state index in [-0.39, 0.29) is 10.6 Å². The number of fused-ring (bicyclic) bond motifs is 1. The molecule has 0 aromatic heterocycles. The molecule has 2 aliphatic heterocycles. The average molecular weight is 275 g/mol. The number of rotatable bonds is 4. The van der Waals surface area contributed by atoms with E-state index >= 15 is 0 Å². The first-order valence-electron chi connectivity index (χ1n) is 7.47. The molecular weight excluding hydrogens is 254 g/mol. The van der Waals surface area contributed by atoms with Gasteiger partial charge in [-0.3, -0.25) is 15.0 Å². The van der Waals surface area contributed by atoms with Crippen LogP contribution in [0.15, 0.2) is 18.2 Å². The fourth-order valence-corrected chi connectivity index (χ4v) is 3.59. The molecule has 0 bridgehead atoms.